The molecule has 2 aliphatic rings. The van der Waals surface area contributed by atoms with Gasteiger partial charge in [0.25, 0.3) is 11.8 Å². The average molecular weight is 926 g/mol. The number of anilines is 6. The van der Waals surface area contributed by atoms with Crippen molar-refractivity contribution in [2.45, 2.75) is 44.1 Å². The molecule has 0 aliphatic heterocycles. The summed E-state index contributed by atoms with van der Waals surface area (Å²) in [6, 6.07) is 12.8. The van der Waals surface area contributed by atoms with Gasteiger partial charge >= 0.3 is 12.4 Å². The molecule has 5 N–H and O–H groups in total. The normalized spacial score (nSPS) is 14.1. The number of alkyl halides is 6. The summed E-state index contributed by atoms with van der Waals surface area (Å²) >= 11 is 11.9. The fourth-order valence-corrected chi connectivity index (χ4v) is 6.28. The SMILES string of the molecule is O=C(Nc1cnc(Cl)cc1C(=O)C1CC1)c1ccnc(Nc2ccc(C(F)(F)F)cn2)c1.O=C(Nc1cnc(Cl)cc1C(O)C1CC1)c1ccnc(Nc2ccc(C(F)(F)F)cn2)c1. The number of carbonyl (C=O) groups is 3. The highest BCUT2D eigenvalue weighted by atomic mass is 35.5. The predicted molar refractivity (Wildman–Crippen MR) is 223 cm³/mol. The van der Waals surface area contributed by atoms with Crippen LogP contribution in [0.25, 0.3) is 0 Å². The first kappa shape index (κ1) is 45.3. The van der Waals surface area contributed by atoms with Gasteiger partial charge in [0.15, 0.2) is 5.78 Å². The number of aromatic nitrogens is 6. The van der Waals surface area contributed by atoms with Crippen LogP contribution in [0.15, 0.2) is 97.8 Å². The van der Waals surface area contributed by atoms with E-state index >= 15 is 0 Å². The molecule has 6 heterocycles. The lowest BCUT2D eigenvalue weighted by Gasteiger charge is -2.16. The summed E-state index contributed by atoms with van der Waals surface area (Å²) < 4.78 is 76.0. The number of amides is 2. The first-order valence-corrected chi connectivity index (χ1v) is 19.9. The van der Waals surface area contributed by atoms with Crippen LogP contribution in [0, 0.1) is 11.8 Å². The molecular weight excluding hydrogens is 893 g/mol. The van der Waals surface area contributed by atoms with Gasteiger partial charge in [-0.25, -0.2) is 29.9 Å². The molecule has 1 atom stereocenters. The second-order valence-corrected chi connectivity index (χ2v) is 15.2. The quantitative estimate of drug-likeness (QED) is 0.0443. The second-order valence-electron chi connectivity index (χ2n) is 14.4. The highest BCUT2D eigenvalue weighted by Crippen LogP contribution is 2.43. The van der Waals surface area contributed by atoms with Gasteiger partial charge in [0, 0.05) is 53.0 Å². The molecule has 22 heteroatoms. The number of Topliss-reactive ketones (excluding diaryl/α,β-unsaturated/α-hetero) is 1. The van der Waals surface area contributed by atoms with Crippen LogP contribution in [0.1, 0.15) is 79.6 Å². The Balaban J connectivity index is 0.000000191. The number of aliphatic hydroxyl groups is 1. The van der Waals surface area contributed by atoms with Crippen LogP contribution in [0.3, 0.4) is 0 Å². The number of aliphatic hydroxyl groups excluding tert-OH is 1. The van der Waals surface area contributed by atoms with Gasteiger partial charge in [-0.05, 0) is 92.3 Å². The van der Waals surface area contributed by atoms with Crippen LogP contribution in [0.2, 0.25) is 10.3 Å². The Labute approximate surface area is 368 Å². The molecule has 6 aromatic rings. The molecule has 2 amide bonds. The molecule has 0 spiro atoms. The van der Waals surface area contributed by atoms with Gasteiger partial charge in [-0.2, -0.15) is 26.3 Å². The van der Waals surface area contributed by atoms with Crippen molar-refractivity contribution in [3.8, 4) is 0 Å². The van der Waals surface area contributed by atoms with Gasteiger partial charge in [0.2, 0.25) is 0 Å². The zero-order valence-electron chi connectivity index (χ0n) is 32.7. The van der Waals surface area contributed by atoms with E-state index in [9.17, 15) is 45.8 Å². The fraction of sp³-hybridized carbons (Fsp3) is 0.214. The van der Waals surface area contributed by atoms with E-state index in [1.807, 2.05) is 0 Å². The van der Waals surface area contributed by atoms with E-state index in [4.69, 9.17) is 23.2 Å². The second kappa shape index (κ2) is 18.9. The van der Waals surface area contributed by atoms with Crippen molar-refractivity contribution in [2.24, 2.45) is 11.8 Å². The number of pyridine rings is 6. The molecule has 2 aliphatic carbocycles. The monoisotopic (exact) mass is 924 g/mol. The van der Waals surface area contributed by atoms with Crippen LogP contribution in [-0.2, 0) is 12.4 Å². The Morgan fingerprint density at radius 2 is 1.08 bits per heavy atom. The molecule has 2 fully saturated rings. The van der Waals surface area contributed by atoms with E-state index in [1.165, 1.54) is 67.3 Å². The van der Waals surface area contributed by atoms with Gasteiger partial charge in [-0.15, -0.1) is 0 Å². The third-order valence-electron chi connectivity index (χ3n) is 9.61. The number of nitrogens with one attached hydrogen (secondary N) is 4. The van der Waals surface area contributed by atoms with Gasteiger partial charge in [-0.1, -0.05) is 23.2 Å². The van der Waals surface area contributed by atoms with E-state index in [0.29, 0.717) is 29.2 Å². The van der Waals surface area contributed by atoms with Crippen molar-refractivity contribution in [2.75, 3.05) is 21.3 Å². The summed E-state index contributed by atoms with van der Waals surface area (Å²) in [6.45, 7) is 0. The van der Waals surface area contributed by atoms with E-state index in [-0.39, 0.29) is 68.0 Å². The molecule has 0 saturated heterocycles. The summed E-state index contributed by atoms with van der Waals surface area (Å²) in [6.07, 6.45) is 0.498. The standard InChI is InChI=1S/C21H17ClF3N5O2.C21H15ClF3N5O2/c2*22-16-8-14(19(31)11-1-2-11)15(10-27-16)29-20(32)12-5-6-26-18(7-12)30-17-4-3-13(9-28-17)21(23,24)25/h3-11,19,31H,1-2H2,(H,29,32)(H,26,28,30);3-11H,1-2H2,(H,29,32)(H,26,28,30). The molecule has 8 rings (SSSR count). The van der Waals surface area contributed by atoms with E-state index < -0.39 is 41.4 Å². The van der Waals surface area contributed by atoms with Gasteiger partial charge in [0.05, 0.1) is 41.0 Å². The smallest absolute Gasteiger partial charge is 0.388 e. The number of rotatable bonds is 12. The zero-order chi connectivity index (χ0) is 45.8. The predicted octanol–water partition coefficient (Wildman–Crippen LogP) is 10.1. The molecule has 330 valence electrons. The van der Waals surface area contributed by atoms with Crippen molar-refractivity contribution in [1.29, 1.82) is 0 Å². The Kier molecular flexibility index (Phi) is 13.4. The first-order valence-electron chi connectivity index (χ1n) is 19.1. The van der Waals surface area contributed by atoms with Crippen molar-refractivity contribution in [3.05, 3.63) is 142 Å². The summed E-state index contributed by atoms with van der Waals surface area (Å²) in [7, 11) is 0. The highest BCUT2D eigenvalue weighted by molar-refractivity contribution is 6.30. The van der Waals surface area contributed by atoms with Crippen LogP contribution in [0.4, 0.5) is 61.0 Å². The Morgan fingerprint density at radius 3 is 1.53 bits per heavy atom. The third-order valence-corrected chi connectivity index (χ3v) is 10.0. The Bertz CT molecular complexity index is 2680. The lowest BCUT2D eigenvalue weighted by atomic mass is 10.0. The van der Waals surface area contributed by atoms with Crippen LogP contribution in [0.5, 0.6) is 0 Å². The molecule has 1 unspecified atom stereocenters. The third kappa shape index (κ3) is 11.8. The molecule has 2 saturated carbocycles. The van der Waals surface area contributed by atoms with Crippen molar-refractivity contribution in [3.63, 3.8) is 0 Å². The van der Waals surface area contributed by atoms with Gasteiger partial charge < -0.3 is 26.4 Å². The summed E-state index contributed by atoms with van der Waals surface area (Å²) in [5, 5.41) is 21.7. The first-order chi connectivity index (χ1) is 30.4. The lowest BCUT2D eigenvalue weighted by Crippen LogP contribution is -2.16. The topological polar surface area (TPSA) is 197 Å². The largest absolute Gasteiger partial charge is 0.417 e. The molecular formula is C42H32Cl2F6N10O4. The minimum Gasteiger partial charge on any atom is -0.388 e. The van der Waals surface area contributed by atoms with Crippen LogP contribution < -0.4 is 21.3 Å². The number of carbonyl (C=O) groups excluding carboxylic acids is 3. The summed E-state index contributed by atoms with van der Waals surface area (Å²) in [4.78, 5) is 61.5. The molecule has 0 radical (unpaired) electrons. The summed E-state index contributed by atoms with van der Waals surface area (Å²) in [5.74, 6) is -0.369. The van der Waals surface area contributed by atoms with Crippen molar-refractivity contribution >= 4 is 75.4 Å². The number of halogens is 8. The van der Waals surface area contributed by atoms with Crippen LogP contribution in [-0.4, -0.2) is 52.6 Å². The maximum Gasteiger partial charge on any atom is 0.417 e. The van der Waals surface area contributed by atoms with Crippen LogP contribution >= 0.6 is 23.2 Å². The maximum atomic E-state index is 12.8. The summed E-state index contributed by atoms with van der Waals surface area (Å²) in [5.41, 5.74) is 0.0542. The Hall–Kier alpha value is -6.77. The van der Waals surface area contributed by atoms with E-state index in [2.05, 4.69) is 51.2 Å². The maximum absolute atomic E-state index is 12.8. The lowest BCUT2D eigenvalue weighted by molar-refractivity contribution is -0.138. The van der Waals surface area contributed by atoms with Crippen molar-refractivity contribution < 1.29 is 45.8 Å². The molecule has 6 aromatic heterocycles. The van der Waals surface area contributed by atoms with E-state index in [0.717, 1.165) is 43.9 Å². The minimum atomic E-state index is -4.49. The highest BCUT2D eigenvalue weighted by Gasteiger charge is 2.34. The van der Waals surface area contributed by atoms with E-state index in [1.54, 1.807) is 0 Å². The number of nitrogens with zero attached hydrogens (tertiary/aromatic N) is 6. The molecule has 14 nitrogen and oxygen atoms in total. The van der Waals surface area contributed by atoms with Gasteiger partial charge in [-0.3, -0.25) is 14.4 Å². The Morgan fingerprint density at radius 1 is 0.594 bits per heavy atom. The molecule has 0 bridgehead atoms. The number of ketones is 1. The van der Waals surface area contributed by atoms with Gasteiger partial charge in [0.1, 0.15) is 33.6 Å². The fourth-order valence-electron chi connectivity index (χ4n) is 5.96. The number of hydrogen-bond acceptors (Lipinski definition) is 12. The number of hydrogen-bond donors (Lipinski definition) is 5. The molecule has 64 heavy (non-hydrogen) atoms. The average Bonchev–Trinajstić information content (AvgIpc) is 4.20. The minimum absolute atomic E-state index is 0.0721. The molecule has 0 aromatic carbocycles. The van der Waals surface area contributed by atoms with Crippen molar-refractivity contribution in [1.82, 2.24) is 29.9 Å². The zero-order valence-corrected chi connectivity index (χ0v) is 34.2.